The first-order chi connectivity index (χ1) is 8.79. The van der Waals surface area contributed by atoms with Crippen LogP contribution in [-0.2, 0) is 12.8 Å². The van der Waals surface area contributed by atoms with Gasteiger partial charge in [0, 0.05) is 38.1 Å². The Bertz CT molecular complexity index is 339. The lowest BCUT2D eigenvalue weighted by atomic mass is 10.1. The van der Waals surface area contributed by atoms with Crippen molar-refractivity contribution in [2.75, 3.05) is 46.3 Å². The van der Waals surface area contributed by atoms with Gasteiger partial charge < -0.3 is 20.5 Å². The first-order valence-corrected chi connectivity index (χ1v) is 7.05. The Morgan fingerprint density at radius 3 is 2.72 bits per heavy atom. The minimum atomic E-state index is 0.728. The first-order valence-electron chi connectivity index (χ1n) is 7.05. The van der Waals surface area contributed by atoms with Gasteiger partial charge in [0.1, 0.15) is 0 Å². The molecule has 0 amide bonds. The summed E-state index contributed by atoms with van der Waals surface area (Å²) in [6, 6.07) is 2.20. The number of aromatic amines is 1. The molecular formula is C14H26N4. The van der Waals surface area contributed by atoms with Crippen LogP contribution >= 0.6 is 0 Å². The quantitative estimate of drug-likeness (QED) is 0.781. The summed E-state index contributed by atoms with van der Waals surface area (Å²) in [5.74, 6) is 0. The van der Waals surface area contributed by atoms with E-state index in [0.29, 0.717) is 0 Å². The van der Waals surface area contributed by atoms with Crippen molar-refractivity contribution in [2.24, 2.45) is 5.73 Å². The molecule has 102 valence electrons. The highest BCUT2D eigenvalue weighted by molar-refractivity contribution is 5.21. The minimum absolute atomic E-state index is 0.728. The van der Waals surface area contributed by atoms with Crippen LogP contribution in [0, 0.1) is 0 Å². The molecule has 0 spiro atoms. The number of aromatic nitrogens is 1. The van der Waals surface area contributed by atoms with E-state index in [-0.39, 0.29) is 0 Å². The van der Waals surface area contributed by atoms with E-state index in [9.17, 15) is 0 Å². The number of hydrogen-bond donors (Lipinski definition) is 2. The molecule has 18 heavy (non-hydrogen) atoms. The summed E-state index contributed by atoms with van der Waals surface area (Å²) in [7, 11) is 2.20. The van der Waals surface area contributed by atoms with Crippen LogP contribution in [0.1, 0.15) is 17.7 Å². The molecule has 2 rings (SSSR count). The molecule has 0 atom stereocenters. The molecule has 1 aromatic heterocycles. The Morgan fingerprint density at radius 2 is 2.00 bits per heavy atom. The van der Waals surface area contributed by atoms with Gasteiger partial charge in [-0.1, -0.05) is 0 Å². The smallest absolute Gasteiger partial charge is 0.0192 e. The van der Waals surface area contributed by atoms with Crippen molar-refractivity contribution in [3.05, 3.63) is 23.5 Å². The fourth-order valence-electron chi connectivity index (χ4n) is 2.61. The van der Waals surface area contributed by atoms with E-state index < -0.39 is 0 Å². The summed E-state index contributed by atoms with van der Waals surface area (Å²) < 4.78 is 0. The SMILES string of the molecule is CN1CCN(CCCc2cc[nH]c2CCN)CC1. The maximum absolute atomic E-state index is 5.61. The van der Waals surface area contributed by atoms with Crippen LogP contribution in [0.15, 0.2) is 12.3 Å². The highest BCUT2D eigenvalue weighted by Gasteiger charge is 2.13. The maximum atomic E-state index is 5.61. The molecule has 1 fully saturated rings. The molecule has 0 aromatic carbocycles. The Hall–Kier alpha value is -0.840. The summed E-state index contributed by atoms with van der Waals surface area (Å²) in [5.41, 5.74) is 8.40. The Balaban J connectivity index is 1.70. The van der Waals surface area contributed by atoms with Gasteiger partial charge in [0.25, 0.3) is 0 Å². The zero-order valence-corrected chi connectivity index (χ0v) is 11.5. The molecule has 1 aliphatic rings. The summed E-state index contributed by atoms with van der Waals surface area (Å²) in [4.78, 5) is 8.28. The Labute approximate surface area is 110 Å². The number of hydrogen-bond acceptors (Lipinski definition) is 3. The normalized spacial score (nSPS) is 18.3. The van der Waals surface area contributed by atoms with Crippen molar-refractivity contribution in [3.63, 3.8) is 0 Å². The molecule has 3 N–H and O–H groups in total. The predicted octanol–water partition coefficient (Wildman–Crippen LogP) is 0.696. The van der Waals surface area contributed by atoms with Crippen molar-refractivity contribution in [1.82, 2.24) is 14.8 Å². The molecule has 0 aliphatic carbocycles. The number of nitrogens with zero attached hydrogens (tertiary/aromatic N) is 2. The number of H-pyrrole nitrogens is 1. The van der Waals surface area contributed by atoms with E-state index in [1.54, 1.807) is 0 Å². The van der Waals surface area contributed by atoms with Gasteiger partial charge in [-0.25, -0.2) is 0 Å². The molecule has 1 aliphatic heterocycles. The van der Waals surface area contributed by atoms with Crippen LogP contribution in [0.25, 0.3) is 0 Å². The molecule has 4 nitrogen and oxygen atoms in total. The topological polar surface area (TPSA) is 48.3 Å². The number of nitrogens with one attached hydrogen (secondary N) is 1. The molecule has 0 unspecified atom stereocenters. The molecule has 2 heterocycles. The molecule has 0 radical (unpaired) electrons. The van der Waals surface area contributed by atoms with Gasteiger partial charge in [-0.2, -0.15) is 0 Å². The second-order valence-corrected chi connectivity index (χ2v) is 5.27. The van der Waals surface area contributed by atoms with Gasteiger partial charge in [0.2, 0.25) is 0 Å². The van der Waals surface area contributed by atoms with E-state index in [2.05, 4.69) is 27.9 Å². The summed E-state index contributed by atoms with van der Waals surface area (Å²) in [6.45, 7) is 6.82. The highest BCUT2D eigenvalue weighted by atomic mass is 15.2. The van der Waals surface area contributed by atoms with Crippen molar-refractivity contribution in [1.29, 1.82) is 0 Å². The standard InChI is InChI=1S/C14H26N4/c1-17-9-11-18(12-10-17)8-2-3-13-5-7-16-14(13)4-6-15/h5,7,16H,2-4,6,8-12,15H2,1H3. The molecule has 4 heteroatoms. The van der Waals surface area contributed by atoms with E-state index in [4.69, 9.17) is 5.73 Å². The van der Waals surface area contributed by atoms with E-state index >= 15 is 0 Å². The third-order valence-corrected chi connectivity index (χ3v) is 3.84. The van der Waals surface area contributed by atoms with Crippen LogP contribution in [0.2, 0.25) is 0 Å². The number of rotatable bonds is 6. The number of nitrogens with two attached hydrogens (primary N) is 1. The highest BCUT2D eigenvalue weighted by Crippen LogP contribution is 2.11. The first kappa shape index (κ1) is 13.6. The lowest BCUT2D eigenvalue weighted by molar-refractivity contribution is 0.153. The van der Waals surface area contributed by atoms with Crippen molar-refractivity contribution >= 4 is 0 Å². The monoisotopic (exact) mass is 250 g/mol. The lowest BCUT2D eigenvalue weighted by Gasteiger charge is -2.32. The molecule has 1 saturated heterocycles. The summed E-state index contributed by atoms with van der Waals surface area (Å²) in [6.07, 6.45) is 5.43. The van der Waals surface area contributed by atoms with Gasteiger partial charge in [-0.05, 0) is 51.0 Å². The van der Waals surface area contributed by atoms with E-state index in [0.717, 1.165) is 13.0 Å². The zero-order chi connectivity index (χ0) is 12.8. The fraction of sp³-hybridized carbons (Fsp3) is 0.714. The fourth-order valence-corrected chi connectivity index (χ4v) is 2.61. The Morgan fingerprint density at radius 1 is 1.22 bits per heavy atom. The van der Waals surface area contributed by atoms with Gasteiger partial charge >= 0.3 is 0 Å². The van der Waals surface area contributed by atoms with Gasteiger partial charge in [-0.3, -0.25) is 0 Å². The van der Waals surface area contributed by atoms with Crippen LogP contribution < -0.4 is 5.73 Å². The minimum Gasteiger partial charge on any atom is -0.365 e. The summed E-state index contributed by atoms with van der Waals surface area (Å²) >= 11 is 0. The predicted molar refractivity (Wildman–Crippen MR) is 75.8 cm³/mol. The average Bonchev–Trinajstić information content (AvgIpc) is 2.80. The maximum Gasteiger partial charge on any atom is 0.0192 e. The number of aryl methyl sites for hydroxylation is 1. The van der Waals surface area contributed by atoms with E-state index in [1.165, 1.54) is 56.8 Å². The number of likely N-dealkylation sites (N-methyl/N-ethyl adjacent to an activating group) is 1. The number of piperazine rings is 1. The van der Waals surface area contributed by atoms with Gasteiger partial charge in [0.15, 0.2) is 0 Å². The molecular weight excluding hydrogens is 224 g/mol. The second-order valence-electron chi connectivity index (χ2n) is 5.27. The third kappa shape index (κ3) is 3.83. The molecule has 0 saturated carbocycles. The Kier molecular flexibility index (Phi) is 5.23. The van der Waals surface area contributed by atoms with Gasteiger partial charge in [-0.15, -0.1) is 0 Å². The van der Waals surface area contributed by atoms with Crippen molar-refractivity contribution in [2.45, 2.75) is 19.3 Å². The van der Waals surface area contributed by atoms with E-state index in [1.807, 2.05) is 6.20 Å². The molecule has 1 aromatic rings. The lowest BCUT2D eigenvalue weighted by Crippen LogP contribution is -2.44. The van der Waals surface area contributed by atoms with Crippen molar-refractivity contribution < 1.29 is 0 Å². The second kappa shape index (κ2) is 6.92. The van der Waals surface area contributed by atoms with Crippen LogP contribution in [-0.4, -0.2) is 61.1 Å². The summed E-state index contributed by atoms with van der Waals surface area (Å²) in [5, 5.41) is 0. The van der Waals surface area contributed by atoms with Crippen LogP contribution in [0.5, 0.6) is 0 Å². The van der Waals surface area contributed by atoms with Gasteiger partial charge in [0.05, 0.1) is 0 Å². The third-order valence-electron chi connectivity index (χ3n) is 3.84. The largest absolute Gasteiger partial charge is 0.365 e. The van der Waals surface area contributed by atoms with Crippen LogP contribution in [0.4, 0.5) is 0 Å². The zero-order valence-electron chi connectivity index (χ0n) is 11.5. The molecule has 0 bridgehead atoms. The van der Waals surface area contributed by atoms with Crippen LogP contribution in [0.3, 0.4) is 0 Å². The van der Waals surface area contributed by atoms with Crippen molar-refractivity contribution in [3.8, 4) is 0 Å². The average molecular weight is 250 g/mol.